The van der Waals surface area contributed by atoms with E-state index in [-0.39, 0.29) is 16.8 Å². The molecule has 0 aliphatic carbocycles. The lowest BCUT2D eigenvalue weighted by atomic mass is 9.89. The maximum absolute atomic E-state index is 9.81. The highest BCUT2D eigenvalue weighted by molar-refractivity contribution is 5.90. The summed E-state index contributed by atoms with van der Waals surface area (Å²) >= 11 is 0. The standard InChI is InChI=1S/C24H21N3O3/c1-14-5-7-15(8-6-14)17-11-18(20(13-26)23(27)19(17)12-25)16-9-21(28-2)24(30-4)22(10-16)29-3/h5-11H,27H2,1-4H3. The highest BCUT2D eigenvalue weighted by atomic mass is 16.5. The molecular formula is C24H21N3O3. The van der Waals surface area contributed by atoms with Gasteiger partial charge in [-0.25, -0.2) is 0 Å². The lowest BCUT2D eigenvalue weighted by Crippen LogP contribution is -2.02. The second-order valence-corrected chi connectivity index (χ2v) is 6.64. The van der Waals surface area contributed by atoms with Gasteiger partial charge in [0.1, 0.15) is 12.1 Å². The van der Waals surface area contributed by atoms with Gasteiger partial charge in [0, 0.05) is 11.1 Å². The van der Waals surface area contributed by atoms with Crippen molar-refractivity contribution in [2.24, 2.45) is 0 Å². The molecular weight excluding hydrogens is 378 g/mol. The highest BCUT2D eigenvalue weighted by Gasteiger charge is 2.21. The van der Waals surface area contributed by atoms with E-state index in [0.29, 0.717) is 33.9 Å². The molecule has 0 fully saturated rings. The summed E-state index contributed by atoms with van der Waals surface area (Å²) < 4.78 is 16.3. The molecule has 0 atom stereocenters. The van der Waals surface area contributed by atoms with Gasteiger partial charge in [0.2, 0.25) is 5.75 Å². The summed E-state index contributed by atoms with van der Waals surface area (Å²) in [7, 11) is 4.57. The van der Waals surface area contributed by atoms with Crippen molar-refractivity contribution in [2.75, 3.05) is 27.1 Å². The van der Waals surface area contributed by atoms with Crippen LogP contribution in [0.3, 0.4) is 0 Å². The maximum atomic E-state index is 9.81. The maximum Gasteiger partial charge on any atom is 0.203 e. The van der Waals surface area contributed by atoms with Gasteiger partial charge in [-0.05, 0) is 36.2 Å². The number of hydrogen-bond acceptors (Lipinski definition) is 6. The molecule has 0 aromatic heterocycles. The summed E-state index contributed by atoms with van der Waals surface area (Å²) in [6.45, 7) is 1.99. The van der Waals surface area contributed by atoms with Gasteiger partial charge in [0.25, 0.3) is 0 Å². The SMILES string of the molecule is COc1cc(-c2cc(-c3ccc(C)cc3)c(C#N)c(N)c2C#N)cc(OC)c1OC. The van der Waals surface area contributed by atoms with Crippen LogP contribution >= 0.6 is 0 Å². The zero-order valence-corrected chi connectivity index (χ0v) is 17.2. The van der Waals surface area contributed by atoms with Crippen LogP contribution in [-0.4, -0.2) is 21.3 Å². The number of nitriles is 2. The monoisotopic (exact) mass is 399 g/mol. The lowest BCUT2D eigenvalue weighted by Gasteiger charge is -2.17. The Morgan fingerprint density at radius 3 is 1.67 bits per heavy atom. The van der Waals surface area contributed by atoms with E-state index >= 15 is 0 Å². The third-order valence-electron chi connectivity index (χ3n) is 4.93. The first-order valence-corrected chi connectivity index (χ1v) is 9.13. The molecule has 0 aliphatic rings. The minimum Gasteiger partial charge on any atom is -0.493 e. The van der Waals surface area contributed by atoms with Gasteiger partial charge < -0.3 is 19.9 Å². The molecule has 0 heterocycles. The predicted octanol–water partition coefficient (Wildman–Crippen LogP) is 4.68. The Hall–Kier alpha value is -4.16. The van der Waals surface area contributed by atoms with Crippen molar-refractivity contribution in [3.8, 4) is 51.6 Å². The minimum atomic E-state index is 0.141. The van der Waals surface area contributed by atoms with E-state index < -0.39 is 0 Å². The molecule has 30 heavy (non-hydrogen) atoms. The molecule has 6 heteroatoms. The Morgan fingerprint density at radius 2 is 1.23 bits per heavy atom. The molecule has 150 valence electrons. The Morgan fingerprint density at radius 1 is 0.733 bits per heavy atom. The van der Waals surface area contributed by atoms with Crippen LogP contribution in [0.2, 0.25) is 0 Å². The molecule has 0 unspecified atom stereocenters. The summed E-state index contributed by atoms with van der Waals surface area (Å²) in [5, 5.41) is 19.5. The third kappa shape index (κ3) is 3.47. The van der Waals surface area contributed by atoms with Gasteiger partial charge >= 0.3 is 0 Å². The Labute approximate surface area is 175 Å². The lowest BCUT2D eigenvalue weighted by molar-refractivity contribution is 0.324. The number of nitrogen functional groups attached to an aromatic ring is 1. The van der Waals surface area contributed by atoms with E-state index in [4.69, 9.17) is 19.9 Å². The highest BCUT2D eigenvalue weighted by Crippen LogP contribution is 2.44. The van der Waals surface area contributed by atoms with Crippen LogP contribution in [0, 0.1) is 29.6 Å². The predicted molar refractivity (Wildman–Crippen MR) is 116 cm³/mol. The van der Waals surface area contributed by atoms with Crippen LogP contribution in [0.25, 0.3) is 22.3 Å². The molecule has 0 aliphatic heterocycles. The summed E-state index contributed by atoms with van der Waals surface area (Å²) in [5.74, 6) is 1.36. The average Bonchev–Trinajstić information content (AvgIpc) is 2.77. The summed E-state index contributed by atoms with van der Waals surface area (Å²) in [6.07, 6.45) is 0. The zero-order valence-electron chi connectivity index (χ0n) is 17.2. The van der Waals surface area contributed by atoms with Crippen molar-refractivity contribution >= 4 is 5.69 Å². The first kappa shape index (κ1) is 20.6. The van der Waals surface area contributed by atoms with E-state index in [1.807, 2.05) is 31.2 Å². The number of rotatable bonds is 5. The quantitative estimate of drug-likeness (QED) is 0.625. The molecule has 3 aromatic carbocycles. The van der Waals surface area contributed by atoms with Crippen LogP contribution < -0.4 is 19.9 Å². The topological polar surface area (TPSA) is 101 Å². The van der Waals surface area contributed by atoms with Crippen LogP contribution in [-0.2, 0) is 0 Å². The van der Waals surface area contributed by atoms with Crippen molar-refractivity contribution in [1.29, 1.82) is 10.5 Å². The van der Waals surface area contributed by atoms with Gasteiger partial charge in [-0.1, -0.05) is 29.8 Å². The molecule has 3 rings (SSSR count). The third-order valence-corrected chi connectivity index (χ3v) is 4.93. The van der Waals surface area contributed by atoms with Crippen molar-refractivity contribution in [1.82, 2.24) is 0 Å². The molecule has 3 aromatic rings. The van der Waals surface area contributed by atoms with Gasteiger partial charge in [-0.15, -0.1) is 0 Å². The molecule has 0 bridgehead atoms. The van der Waals surface area contributed by atoms with Crippen molar-refractivity contribution in [2.45, 2.75) is 6.92 Å². The van der Waals surface area contributed by atoms with Crippen LogP contribution in [0.4, 0.5) is 5.69 Å². The van der Waals surface area contributed by atoms with Crippen LogP contribution in [0.5, 0.6) is 17.2 Å². The number of methoxy groups -OCH3 is 3. The fourth-order valence-electron chi connectivity index (χ4n) is 3.37. The van der Waals surface area contributed by atoms with Gasteiger partial charge in [-0.2, -0.15) is 10.5 Å². The van der Waals surface area contributed by atoms with Crippen LogP contribution in [0.1, 0.15) is 16.7 Å². The second-order valence-electron chi connectivity index (χ2n) is 6.64. The number of aryl methyl sites for hydroxylation is 1. The number of anilines is 1. The van der Waals surface area contributed by atoms with Gasteiger partial charge in [-0.3, -0.25) is 0 Å². The van der Waals surface area contributed by atoms with Gasteiger partial charge in [0.05, 0.1) is 38.1 Å². The van der Waals surface area contributed by atoms with Crippen LogP contribution in [0.15, 0.2) is 42.5 Å². The first-order chi connectivity index (χ1) is 14.5. The Bertz CT molecular complexity index is 1160. The van der Waals surface area contributed by atoms with Crippen molar-refractivity contribution in [3.05, 3.63) is 59.2 Å². The Balaban J connectivity index is 2.37. The fraction of sp³-hybridized carbons (Fsp3) is 0.167. The minimum absolute atomic E-state index is 0.141. The van der Waals surface area contributed by atoms with E-state index in [1.165, 1.54) is 21.3 Å². The zero-order chi connectivity index (χ0) is 21.8. The number of nitrogens with zero attached hydrogens (tertiary/aromatic N) is 2. The average molecular weight is 399 g/mol. The largest absolute Gasteiger partial charge is 0.493 e. The second kappa shape index (κ2) is 8.46. The van der Waals surface area contributed by atoms with E-state index in [1.54, 1.807) is 18.2 Å². The summed E-state index contributed by atoms with van der Waals surface area (Å²) in [6, 6.07) is 17.4. The van der Waals surface area contributed by atoms with Crippen molar-refractivity contribution in [3.63, 3.8) is 0 Å². The molecule has 2 N–H and O–H groups in total. The normalized spacial score (nSPS) is 10.1. The number of ether oxygens (including phenoxy) is 3. The smallest absolute Gasteiger partial charge is 0.203 e. The molecule has 0 radical (unpaired) electrons. The van der Waals surface area contributed by atoms with E-state index in [2.05, 4.69) is 12.1 Å². The molecule has 0 amide bonds. The number of hydrogen-bond donors (Lipinski definition) is 1. The van der Waals surface area contributed by atoms with E-state index in [9.17, 15) is 10.5 Å². The van der Waals surface area contributed by atoms with E-state index in [0.717, 1.165) is 11.1 Å². The molecule has 0 saturated heterocycles. The van der Waals surface area contributed by atoms with Gasteiger partial charge in [0.15, 0.2) is 11.5 Å². The molecule has 0 saturated carbocycles. The Kier molecular flexibility index (Phi) is 5.80. The first-order valence-electron chi connectivity index (χ1n) is 9.13. The number of benzene rings is 3. The van der Waals surface area contributed by atoms with Crippen molar-refractivity contribution < 1.29 is 14.2 Å². The fourth-order valence-corrected chi connectivity index (χ4v) is 3.37. The summed E-state index contributed by atoms with van der Waals surface area (Å²) in [5.41, 5.74) is 10.7. The molecule has 6 nitrogen and oxygen atoms in total. The number of nitrogens with two attached hydrogens (primary N) is 1. The summed E-state index contributed by atoms with van der Waals surface area (Å²) in [4.78, 5) is 0. The molecule has 0 spiro atoms.